The van der Waals surface area contributed by atoms with E-state index in [2.05, 4.69) is 17.0 Å². The fraction of sp³-hybridized carbons (Fsp3) is 0.429. The van der Waals surface area contributed by atoms with Gasteiger partial charge in [-0.2, -0.15) is 5.10 Å². The Morgan fingerprint density at radius 1 is 1.60 bits per heavy atom. The van der Waals surface area contributed by atoms with Crippen molar-refractivity contribution in [3.8, 4) is 0 Å². The van der Waals surface area contributed by atoms with E-state index in [1.165, 1.54) is 5.57 Å². The number of nitrogens with zero attached hydrogens (tertiary/aromatic N) is 3. The average molecular weight is 135 g/mol. The Labute approximate surface area is 59.7 Å². The average Bonchev–Trinajstić information content (AvgIpc) is 2.27. The molecule has 1 unspecified atom stereocenters. The van der Waals surface area contributed by atoms with Gasteiger partial charge in [-0.05, 0) is 6.92 Å². The van der Waals surface area contributed by atoms with Crippen molar-refractivity contribution in [2.24, 2.45) is 10.1 Å². The van der Waals surface area contributed by atoms with Crippen LogP contribution in [-0.2, 0) is 0 Å². The molecule has 0 radical (unpaired) electrons. The molecular formula is C7H9N3. The topological polar surface area (TPSA) is 28.0 Å². The van der Waals surface area contributed by atoms with Gasteiger partial charge in [0, 0.05) is 18.8 Å². The third-order valence-corrected chi connectivity index (χ3v) is 1.69. The minimum Gasteiger partial charge on any atom is -0.264 e. The van der Waals surface area contributed by atoms with E-state index in [4.69, 9.17) is 0 Å². The summed E-state index contributed by atoms with van der Waals surface area (Å²) in [7, 11) is 0. The number of fused-ring (bicyclic) bond motifs is 1. The molecule has 0 spiro atoms. The Balaban J connectivity index is 2.24. The lowest BCUT2D eigenvalue weighted by atomic mass is 10.2. The number of hydrogen-bond acceptors (Lipinski definition) is 3. The summed E-state index contributed by atoms with van der Waals surface area (Å²) in [4.78, 5) is 4.24. The van der Waals surface area contributed by atoms with Crippen LogP contribution in [0.15, 0.2) is 21.9 Å². The monoisotopic (exact) mass is 135 g/mol. The van der Waals surface area contributed by atoms with Crippen molar-refractivity contribution in [2.45, 2.75) is 19.5 Å². The van der Waals surface area contributed by atoms with Crippen LogP contribution in [0.4, 0.5) is 0 Å². The first kappa shape index (κ1) is 5.65. The predicted octanol–water partition coefficient (Wildman–Crippen LogP) is 0.992. The van der Waals surface area contributed by atoms with Gasteiger partial charge in [0.25, 0.3) is 0 Å². The largest absolute Gasteiger partial charge is 0.264 e. The van der Waals surface area contributed by atoms with E-state index in [0.29, 0.717) is 0 Å². The van der Waals surface area contributed by atoms with Crippen LogP contribution in [0.25, 0.3) is 0 Å². The van der Waals surface area contributed by atoms with Gasteiger partial charge in [-0.1, -0.05) is 5.57 Å². The molecule has 0 N–H and O–H groups in total. The lowest BCUT2D eigenvalue weighted by Gasteiger charge is -2.17. The summed E-state index contributed by atoms with van der Waals surface area (Å²) < 4.78 is 0. The predicted molar refractivity (Wildman–Crippen MR) is 41.0 cm³/mol. The highest BCUT2D eigenvalue weighted by atomic mass is 15.5. The molecule has 3 heteroatoms. The fourth-order valence-corrected chi connectivity index (χ4v) is 1.22. The molecule has 2 rings (SSSR count). The molecule has 2 heterocycles. The highest BCUT2D eigenvalue weighted by Gasteiger charge is 2.21. The molecule has 0 aromatic heterocycles. The van der Waals surface area contributed by atoms with Crippen LogP contribution in [-0.4, -0.2) is 23.6 Å². The van der Waals surface area contributed by atoms with Crippen LogP contribution >= 0.6 is 0 Å². The highest BCUT2D eigenvalue weighted by molar-refractivity contribution is 6.16. The summed E-state index contributed by atoms with van der Waals surface area (Å²) in [5, 5.41) is 6.02. The Morgan fingerprint density at radius 2 is 2.50 bits per heavy atom. The van der Waals surface area contributed by atoms with Gasteiger partial charge < -0.3 is 0 Å². The van der Waals surface area contributed by atoms with E-state index >= 15 is 0 Å². The molecule has 2 aliphatic heterocycles. The zero-order valence-electron chi connectivity index (χ0n) is 5.86. The van der Waals surface area contributed by atoms with E-state index < -0.39 is 0 Å². The van der Waals surface area contributed by atoms with Crippen molar-refractivity contribution in [1.29, 1.82) is 0 Å². The van der Waals surface area contributed by atoms with Crippen LogP contribution in [0, 0.1) is 0 Å². The maximum absolute atomic E-state index is 4.24. The van der Waals surface area contributed by atoms with Crippen molar-refractivity contribution in [1.82, 2.24) is 5.01 Å². The molecular weight excluding hydrogens is 126 g/mol. The van der Waals surface area contributed by atoms with Gasteiger partial charge in [-0.3, -0.25) is 4.99 Å². The number of aliphatic imine (C=N–C) groups is 1. The van der Waals surface area contributed by atoms with Gasteiger partial charge in [0.05, 0.1) is 6.21 Å². The quantitative estimate of drug-likeness (QED) is 0.487. The third kappa shape index (κ3) is 0.744. The third-order valence-electron chi connectivity index (χ3n) is 1.69. The molecule has 0 aromatic carbocycles. The zero-order chi connectivity index (χ0) is 6.97. The highest BCUT2D eigenvalue weighted by Crippen LogP contribution is 2.22. The standard InChI is InChI=1S/C7H9N3/c1-6-4-7-8-2-3-9-10(7)5-6/h2-3,5,7H,4H2,1H3. The number of rotatable bonds is 0. The minimum absolute atomic E-state index is 0.255. The van der Waals surface area contributed by atoms with Gasteiger partial charge in [-0.25, -0.2) is 5.01 Å². The maximum atomic E-state index is 4.24. The van der Waals surface area contributed by atoms with Crippen LogP contribution in [0.1, 0.15) is 13.3 Å². The summed E-state index contributed by atoms with van der Waals surface area (Å²) in [5.41, 5.74) is 1.35. The minimum atomic E-state index is 0.255. The first-order chi connectivity index (χ1) is 4.86. The molecule has 0 bridgehead atoms. The van der Waals surface area contributed by atoms with Gasteiger partial charge in [-0.15, -0.1) is 0 Å². The zero-order valence-corrected chi connectivity index (χ0v) is 5.86. The fourth-order valence-electron chi connectivity index (χ4n) is 1.22. The summed E-state index contributed by atoms with van der Waals surface area (Å²) in [6, 6.07) is 0. The molecule has 0 aliphatic carbocycles. The van der Waals surface area contributed by atoms with Crippen LogP contribution < -0.4 is 0 Å². The molecule has 52 valence electrons. The second-order valence-corrected chi connectivity index (χ2v) is 2.60. The van der Waals surface area contributed by atoms with E-state index in [1.54, 1.807) is 12.4 Å². The Kier molecular flexibility index (Phi) is 1.09. The summed E-state index contributed by atoms with van der Waals surface area (Å²) in [5.74, 6) is 0. The Hall–Kier alpha value is -1.12. The van der Waals surface area contributed by atoms with Crippen molar-refractivity contribution in [3.63, 3.8) is 0 Å². The van der Waals surface area contributed by atoms with Gasteiger partial charge in [0.1, 0.15) is 6.17 Å². The van der Waals surface area contributed by atoms with E-state index in [-0.39, 0.29) is 6.17 Å². The van der Waals surface area contributed by atoms with Gasteiger partial charge >= 0.3 is 0 Å². The Bertz CT molecular complexity index is 227. The SMILES string of the molecule is CC1=CN2N=CC=NC2C1. The molecule has 10 heavy (non-hydrogen) atoms. The van der Waals surface area contributed by atoms with Crippen molar-refractivity contribution >= 4 is 12.4 Å². The number of hydrogen-bond donors (Lipinski definition) is 0. The molecule has 0 saturated heterocycles. The van der Waals surface area contributed by atoms with Gasteiger partial charge in [0.2, 0.25) is 0 Å². The molecule has 0 saturated carbocycles. The van der Waals surface area contributed by atoms with E-state index in [1.807, 2.05) is 11.2 Å². The van der Waals surface area contributed by atoms with Crippen LogP contribution in [0.2, 0.25) is 0 Å². The van der Waals surface area contributed by atoms with Crippen molar-refractivity contribution in [3.05, 3.63) is 11.8 Å². The van der Waals surface area contributed by atoms with Crippen molar-refractivity contribution in [2.75, 3.05) is 0 Å². The molecule has 3 nitrogen and oxygen atoms in total. The molecule has 0 aromatic rings. The molecule has 0 amide bonds. The normalized spacial score (nSPS) is 28.7. The first-order valence-corrected chi connectivity index (χ1v) is 3.37. The second-order valence-electron chi connectivity index (χ2n) is 2.60. The van der Waals surface area contributed by atoms with Gasteiger partial charge in [0.15, 0.2) is 0 Å². The molecule has 1 atom stereocenters. The van der Waals surface area contributed by atoms with Crippen LogP contribution in [0.3, 0.4) is 0 Å². The van der Waals surface area contributed by atoms with Crippen molar-refractivity contribution < 1.29 is 0 Å². The van der Waals surface area contributed by atoms with E-state index in [9.17, 15) is 0 Å². The van der Waals surface area contributed by atoms with Crippen LogP contribution in [0.5, 0.6) is 0 Å². The Morgan fingerprint density at radius 3 is 3.30 bits per heavy atom. The summed E-state index contributed by atoms with van der Waals surface area (Å²) in [6.45, 7) is 2.10. The summed E-state index contributed by atoms with van der Waals surface area (Å²) >= 11 is 0. The van der Waals surface area contributed by atoms with E-state index in [0.717, 1.165) is 6.42 Å². The molecule has 2 aliphatic rings. The molecule has 0 fully saturated rings. The maximum Gasteiger partial charge on any atom is 0.145 e. The smallest absolute Gasteiger partial charge is 0.145 e. The second kappa shape index (κ2) is 1.94. The first-order valence-electron chi connectivity index (χ1n) is 3.37. The number of hydrazone groups is 1. The summed E-state index contributed by atoms with van der Waals surface area (Å²) in [6.07, 6.45) is 6.79. The lowest BCUT2D eigenvalue weighted by molar-refractivity contribution is 0.322. The lowest BCUT2D eigenvalue weighted by Crippen LogP contribution is -2.22.